The van der Waals surface area contributed by atoms with E-state index in [-0.39, 0.29) is 30.7 Å². The van der Waals surface area contributed by atoms with Crippen LogP contribution in [0.2, 0.25) is 0 Å². The number of anilines is 1. The maximum Gasteiger partial charge on any atom is 0.220 e. The highest BCUT2D eigenvalue weighted by molar-refractivity contribution is 7.11. The van der Waals surface area contributed by atoms with E-state index in [0.717, 1.165) is 21.1 Å². The molecular formula is C14H19Cl2N3OS. The van der Waals surface area contributed by atoms with Crippen molar-refractivity contribution in [3.8, 4) is 0 Å². The molecule has 0 unspecified atom stereocenters. The zero-order chi connectivity index (χ0) is 13.7. The third-order valence-electron chi connectivity index (χ3n) is 2.81. The van der Waals surface area contributed by atoms with Crippen LogP contribution in [0, 0.1) is 6.92 Å². The summed E-state index contributed by atoms with van der Waals surface area (Å²) in [6, 6.07) is 7.64. The Balaban J connectivity index is 0.00000200. The van der Waals surface area contributed by atoms with Gasteiger partial charge in [0.25, 0.3) is 0 Å². The average Bonchev–Trinajstić information content (AvgIpc) is 2.81. The van der Waals surface area contributed by atoms with Gasteiger partial charge in [-0.1, -0.05) is 18.2 Å². The third-order valence-corrected chi connectivity index (χ3v) is 3.72. The number of nitrogen functional groups attached to an aromatic ring is 1. The summed E-state index contributed by atoms with van der Waals surface area (Å²) in [5.74, 6) is 0.0364. The minimum Gasteiger partial charge on any atom is -0.399 e. The number of thiazole rings is 1. The number of nitrogens with one attached hydrogen (secondary N) is 1. The van der Waals surface area contributed by atoms with E-state index in [0.29, 0.717) is 19.4 Å². The molecule has 116 valence electrons. The molecule has 21 heavy (non-hydrogen) atoms. The number of para-hydroxylation sites is 1. The number of carbonyl (C=O) groups is 1. The van der Waals surface area contributed by atoms with Crippen LogP contribution in [-0.2, 0) is 17.8 Å². The molecule has 0 bridgehead atoms. The molecule has 4 nitrogen and oxygen atoms in total. The molecule has 0 saturated heterocycles. The van der Waals surface area contributed by atoms with Crippen molar-refractivity contribution in [2.75, 3.05) is 5.73 Å². The average molecular weight is 348 g/mol. The summed E-state index contributed by atoms with van der Waals surface area (Å²) in [6.45, 7) is 2.50. The highest BCUT2D eigenvalue weighted by Crippen LogP contribution is 2.13. The highest BCUT2D eigenvalue weighted by atomic mass is 35.5. The van der Waals surface area contributed by atoms with Crippen molar-refractivity contribution in [3.63, 3.8) is 0 Å². The number of rotatable bonds is 5. The van der Waals surface area contributed by atoms with Gasteiger partial charge in [0.05, 0.1) is 11.6 Å². The van der Waals surface area contributed by atoms with Gasteiger partial charge in [-0.3, -0.25) is 4.79 Å². The molecule has 1 heterocycles. The minimum atomic E-state index is 0. The number of aryl methyl sites for hydroxylation is 2. The lowest BCUT2D eigenvalue weighted by molar-refractivity contribution is -0.121. The van der Waals surface area contributed by atoms with Gasteiger partial charge in [0.2, 0.25) is 5.91 Å². The van der Waals surface area contributed by atoms with Crippen LogP contribution in [0.25, 0.3) is 0 Å². The monoisotopic (exact) mass is 347 g/mol. The molecule has 3 N–H and O–H groups in total. The number of benzene rings is 1. The quantitative estimate of drug-likeness (QED) is 0.816. The van der Waals surface area contributed by atoms with Gasteiger partial charge in [0, 0.05) is 23.2 Å². The molecule has 0 aliphatic heterocycles. The molecule has 7 heteroatoms. The van der Waals surface area contributed by atoms with Crippen molar-refractivity contribution in [2.24, 2.45) is 0 Å². The van der Waals surface area contributed by atoms with Crippen molar-refractivity contribution in [1.29, 1.82) is 0 Å². The van der Waals surface area contributed by atoms with E-state index in [4.69, 9.17) is 5.73 Å². The predicted octanol–water partition coefficient (Wildman–Crippen LogP) is 3.13. The predicted molar refractivity (Wildman–Crippen MR) is 92.4 cm³/mol. The molecule has 2 aromatic rings. The van der Waals surface area contributed by atoms with Crippen LogP contribution in [0.15, 0.2) is 30.5 Å². The van der Waals surface area contributed by atoms with E-state index in [1.165, 1.54) is 0 Å². The Bertz CT molecular complexity index is 575. The molecule has 0 radical (unpaired) electrons. The molecule has 0 fully saturated rings. The number of halogens is 2. The number of aromatic nitrogens is 1. The molecule has 0 aliphatic rings. The second-order valence-corrected chi connectivity index (χ2v) is 5.64. The molecular weight excluding hydrogens is 329 g/mol. The van der Waals surface area contributed by atoms with E-state index in [2.05, 4.69) is 10.3 Å². The zero-order valence-electron chi connectivity index (χ0n) is 11.7. The van der Waals surface area contributed by atoms with Crippen LogP contribution in [0.5, 0.6) is 0 Å². The Morgan fingerprint density at radius 1 is 1.33 bits per heavy atom. The number of nitrogens with zero attached hydrogens (tertiary/aromatic N) is 1. The summed E-state index contributed by atoms with van der Waals surface area (Å²) in [7, 11) is 0. The van der Waals surface area contributed by atoms with E-state index in [1.807, 2.05) is 31.2 Å². The molecule has 2 rings (SSSR count). The normalized spacial score (nSPS) is 9.38. The Kier molecular flexibility index (Phi) is 9.01. The SMILES string of the molecule is Cc1ncc(CNC(=O)CCc2ccccc2N)s1.Cl.Cl. The van der Waals surface area contributed by atoms with Crippen LogP contribution >= 0.6 is 36.2 Å². The fraction of sp³-hybridized carbons (Fsp3) is 0.286. The second kappa shape index (κ2) is 9.60. The van der Waals surface area contributed by atoms with Crippen LogP contribution < -0.4 is 11.1 Å². The van der Waals surface area contributed by atoms with Gasteiger partial charge in [0.1, 0.15) is 0 Å². The zero-order valence-corrected chi connectivity index (χ0v) is 14.1. The summed E-state index contributed by atoms with van der Waals surface area (Å²) >= 11 is 1.60. The second-order valence-electron chi connectivity index (χ2n) is 4.32. The molecule has 0 aliphatic carbocycles. The van der Waals surface area contributed by atoms with Crippen LogP contribution in [0.4, 0.5) is 5.69 Å². The van der Waals surface area contributed by atoms with Crippen molar-refractivity contribution < 1.29 is 4.79 Å². The first-order valence-electron chi connectivity index (χ1n) is 6.16. The van der Waals surface area contributed by atoms with Gasteiger partial charge < -0.3 is 11.1 Å². The van der Waals surface area contributed by atoms with E-state index in [9.17, 15) is 4.79 Å². The summed E-state index contributed by atoms with van der Waals surface area (Å²) < 4.78 is 0. The van der Waals surface area contributed by atoms with Gasteiger partial charge in [0.15, 0.2) is 0 Å². The topological polar surface area (TPSA) is 68.0 Å². The van der Waals surface area contributed by atoms with Crippen molar-refractivity contribution in [1.82, 2.24) is 10.3 Å². The summed E-state index contributed by atoms with van der Waals surface area (Å²) in [5.41, 5.74) is 7.60. The van der Waals surface area contributed by atoms with Crippen molar-refractivity contribution in [3.05, 3.63) is 45.9 Å². The molecule has 1 aromatic heterocycles. The van der Waals surface area contributed by atoms with Crippen LogP contribution in [-0.4, -0.2) is 10.9 Å². The summed E-state index contributed by atoms with van der Waals surface area (Å²) in [5, 5.41) is 3.91. The first-order valence-corrected chi connectivity index (χ1v) is 6.98. The number of carbonyl (C=O) groups excluding carboxylic acids is 1. The Morgan fingerprint density at radius 3 is 2.67 bits per heavy atom. The molecule has 1 amide bonds. The summed E-state index contributed by atoms with van der Waals surface area (Å²) in [4.78, 5) is 17.0. The molecule has 0 spiro atoms. The number of hydrogen-bond acceptors (Lipinski definition) is 4. The van der Waals surface area contributed by atoms with Gasteiger partial charge in [-0.25, -0.2) is 4.98 Å². The Hall–Kier alpha value is -1.30. The number of amides is 1. The fourth-order valence-corrected chi connectivity index (χ4v) is 2.51. The standard InChI is InChI=1S/C14H17N3OS.2ClH/c1-10-16-8-12(19-10)9-17-14(18)7-6-11-4-2-3-5-13(11)15;;/h2-5,8H,6-7,9,15H2,1H3,(H,17,18);2*1H. The van der Waals surface area contributed by atoms with Crippen LogP contribution in [0.3, 0.4) is 0 Å². The molecule has 0 atom stereocenters. The maximum atomic E-state index is 11.7. The van der Waals surface area contributed by atoms with Gasteiger partial charge >= 0.3 is 0 Å². The van der Waals surface area contributed by atoms with Crippen LogP contribution in [0.1, 0.15) is 21.9 Å². The number of hydrogen-bond donors (Lipinski definition) is 2. The maximum absolute atomic E-state index is 11.7. The van der Waals surface area contributed by atoms with Gasteiger partial charge in [-0.2, -0.15) is 0 Å². The largest absolute Gasteiger partial charge is 0.399 e. The van der Waals surface area contributed by atoms with Gasteiger partial charge in [-0.15, -0.1) is 36.2 Å². The Labute approximate surface area is 141 Å². The van der Waals surface area contributed by atoms with E-state index >= 15 is 0 Å². The van der Waals surface area contributed by atoms with Crippen molar-refractivity contribution in [2.45, 2.75) is 26.3 Å². The smallest absolute Gasteiger partial charge is 0.220 e. The first kappa shape index (κ1) is 19.7. The Morgan fingerprint density at radius 2 is 2.05 bits per heavy atom. The first-order chi connectivity index (χ1) is 9.15. The lowest BCUT2D eigenvalue weighted by Gasteiger charge is -2.05. The molecule has 1 aromatic carbocycles. The van der Waals surface area contributed by atoms with Crippen molar-refractivity contribution >= 4 is 47.7 Å². The third kappa shape index (κ3) is 6.33. The number of nitrogens with two attached hydrogens (primary N) is 1. The lowest BCUT2D eigenvalue weighted by atomic mass is 10.1. The fourth-order valence-electron chi connectivity index (χ4n) is 1.77. The minimum absolute atomic E-state index is 0. The van der Waals surface area contributed by atoms with E-state index < -0.39 is 0 Å². The summed E-state index contributed by atoms with van der Waals surface area (Å²) in [6.07, 6.45) is 2.92. The molecule has 0 saturated carbocycles. The lowest BCUT2D eigenvalue weighted by Crippen LogP contribution is -2.22. The van der Waals surface area contributed by atoms with E-state index in [1.54, 1.807) is 17.5 Å². The van der Waals surface area contributed by atoms with Gasteiger partial charge in [-0.05, 0) is 25.0 Å². The highest BCUT2D eigenvalue weighted by Gasteiger charge is 2.05.